The Morgan fingerprint density at radius 3 is 2.05 bits per heavy atom. The van der Waals surface area contributed by atoms with E-state index < -0.39 is 7.82 Å². The van der Waals surface area contributed by atoms with Gasteiger partial charge >= 0.3 is 7.82 Å². The number of benzene rings is 1. The molecule has 1 aromatic rings. The number of aliphatic hydroxyl groups excluding tert-OH is 1. The molecule has 0 unspecified atom stereocenters. The first kappa shape index (κ1) is 15.7. The number of phosphoric acid groups is 1. The summed E-state index contributed by atoms with van der Waals surface area (Å²) in [4.78, 5) is 0. The van der Waals surface area contributed by atoms with Crippen LogP contribution in [0.5, 0.6) is 5.75 Å². The fraction of sp³-hybridized carbons (Fsp3) is 0.231. The zero-order valence-electron chi connectivity index (χ0n) is 10.5. The van der Waals surface area contributed by atoms with Crippen LogP contribution in [0.3, 0.4) is 0 Å². The van der Waals surface area contributed by atoms with Crippen molar-refractivity contribution in [1.29, 1.82) is 0 Å². The van der Waals surface area contributed by atoms with E-state index >= 15 is 0 Å². The number of hydrogen-bond acceptors (Lipinski definition) is 5. The van der Waals surface area contributed by atoms with Crippen molar-refractivity contribution in [2.45, 2.75) is 6.61 Å². The van der Waals surface area contributed by atoms with Crippen LogP contribution >= 0.6 is 7.82 Å². The Morgan fingerprint density at radius 1 is 1.11 bits per heavy atom. The molecule has 1 N–H and O–H groups in total. The molecule has 6 heteroatoms. The minimum absolute atomic E-state index is 0.0448. The lowest BCUT2D eigenvalue weighted by atomic mass is 10.2. The van der Waals surface area contributed by atoms with Gasteiger partial charge < -0.3 is 9.63 Å². The van der Waals surface area contributed by atoms with Gasteiger partial charge in [-0.3, -0.25) is 9.05 Å². The molecule has 1 aromatic carbocycles. The highest BCUT2D eigenvalue weighted by atomic mass is 31.2. The Labute approximate surface area is 112 Å². The van der Waals surface area contributed by atoms with Gasteiger partial charge in [-0.15, -0.1) is 13.2 Å². The Kier molecular flexibility index (Phi) is 6.53. The average Bonchev–Trinajstić information content (AvgIpc) is 2.44. The van der Waals surface area contributed by atoms with Gasteiger partial charge in [0, 0.05) is 0 Å². The van der Waals surface area contributed by atoms with Crippen molar-refractivity contribution in [2.75, 3.05) is 13.2 Å². The predicted octanol–water partition coefficient (Wildman–Crippen LogP) is 3.07. The molecular weight excluding hydrogens is 267 g/mol. The molecule has 0 spiro atoms. The van der Waals surface area contributed by atoms with Crippen LogP contribution in [0.15, 0.2) is 49.6 Å². The molecule has 104 valence electrons. The summed E-state index contributed by atoms with van der Waals surface area (Å²) in [5.41, 5.74) is 0.723. The second-order valence-electron chi connectivity index (χ2n) is 3.51. The number of phosphoric ester groups is 1. The molecule has 0 amide bonds. The Bertz CT molecular complexity index is 439. The highest BCUT2D eigenvalue weighted by Gasteiger charge is 2.27. The van der Waals surface area contributed by atoms with Crippen LogP contribution in [0.4, 0.5) is 0 Å². The standard InChI is InChI=1S/C13H17O5P/c1-3-9-16-19(15,17-10-4-2)18-13-7-5-12(11-14)6-8-13/h3-8,14H,1-2,9-11H2. The summed E-state index contributed by atoms with van der Waals surface area (Å²) in [6, 6.07) is 6.46. The summed E-state index contributed by atoms with van der Waals surface area (Å²) in [6.45, 7) is 6.96. The van der Waals surface area contributed by atoms with Gasteiger partial charge in [0.05, 0.1) is 19.8 Å². The molecule has 5 nitrogen and oxygen atoms in total. The van der Waals surface area contributed by atoms with Gasteiger partial charge in [-0.25, -0.2) is 4.57 Å². The van der Waals surface area contributed by atoms with Crippen molar-refractivity contribution < 1.29 is 23.2 Å². The molecule has 0 aliphatic rings. The van der Waals surface area contributed by atoms with Gasteiger partial charge in [0.2, 0.25) is 0 Å². The second kappa shape index (κ2) is 7.92. The molecular formula is C13H17O5P. The zero-order valence-corrected chi connectivity index (χ0v) is 11.4. The maximum atomic E-state index is 12.2. The van der Waals surface area contributed by atoms with Gasteiger partial charge in [0.25, 0.3) is 0 Å². The lowest BCUT2D eigenvalue weighted by Gasteiger charge is -2.17. The first-order valence-corrected chi connectivity index (χ1v) is 7.10. The average molecular weight is 284 g/mol. The van der Waals surface area contributed by atoms with Crippen LogP contribution in [0.1, 0.15) is 5.56 Å². The normalized spacial score (nSPS) is 11.0. The smallest absolute Gasteiger partial charge is 0.404 e. The van der Waals surface area contributed by atoms with Crippen LogP contribution in [0, 0.1) is 0 Å². The van der Waals surface area contributed by atoms with Gasteiger partial charge in [0.1, 0.15) is 5.75 Å². The van der Waals surface area contributed by atoms with E-state index in [-0.39, 0.29) is 19.8 Å². The van der Waals surface area contributed by atoms with Crippen LogP contribution in [-0.2, 0) is 20.2 Å². The molecule has 0 fully saturated rings. The fourth-order valence-electron chi connectivity index (χ4n) is 1.16. The molecule has 0 radical (unpaired) electrons. The monoisotopic (exact) mass is 284 g/mol. The predicted molar refractivity (Wildman–Crippen MR) is 72.9 cm³/mol. The van der Waals surface area contributed by atoms with E-state index in [0.717, 1.165) is 5.56 Å². The van der Waals surface area contributed by atoms with Gasteiger partial charge in [-0.1, -0.05) is 24.3 Å². The minimum Gasteiger partial charge on any atom is -0.404 e. The Balaban J connectivity index is 2.76. The largest absolute Gasteiger partial charge is 0.530 e. The van der Waals surface area contributed by atoms with Crippen LogP contribution in [-0.4, -0.2) is 18.3 Å². The molecule has 0 bridgehead atoms. The van der Waals surface area contributed by atoms with Crippen molar-refractivity contribution in [3.05, 3.63) is 55.1 Å². The highest BCUT2D eigenvalue weighted by molar-refractivity contribution is 7.48. The van der Waals surface area contributed by atoms with Crippen molar-refractivity contribution >= 4 is 7.82 Å². The lowest BCUT2D eigenvalue weighted by Crippen LogP contribution is -2.03. The topological polar surface area (TPSA) is 65.0 Å². The molecule has 0 atom stereocenters. The summed E-state index contributed by atoms with van der Waals surface area (Å²) in [5, 5.41) is 8.93. The van der Waals surface area contributed by atoms with Gasteiger partial charge in [0.15, 0.2) is 0 Å². The minimum atomic E-state index is -3.70. The van der Waals surface area contributed by atoms with E-state index in [1.54, 1.807) is 24.3 Å². The van der Waals surface area contributed by atoms with E-state index in [2.05, 4.69) is 13.2 Å². The SMILES string of the molecule is C=CCOP(=O)(OCC=C)Oc1ccc(CO)cc1. The van der Waals surface area contributed by atoms with Crippen LogP contribution < -0.4 is 4.52 Å². The lowest BCUT2D eigenvalue weighted by molar-refractivity contribution is 0.180. The van der Waals surface area contributed by atoms with Crippen molar-refractivity contribution in [3.63, 3.8) is 0 Å². The van der Waals surface area contributed by atoms with Crippen LogP contribution in [0.25, 0.3) is 0 Å². The third kappa shape index (κ3) is 5.41. The van der Waals surface area contributed by atoms with E-state index in [1.165, 1.54) is 12.2 Å². The Hall–Kier alpha value is -1.39. The van der Waals surface area contributed by atoms with E-state index in [4.69, 9.17) is 18.7 Å². The number of aliphatic hydroxyl groups is 1. The van der Waals surface area contributed by atoms with Gasteiger partial charge in [-0.05, 0) is 17.7 Å². The number of rotatable bonds is 9. The van der Waals surface area contributed by atoms with Crippen molar-refractivity contribution in [2.24, 2.45) is 0 Å². The van der Waals surface area contributed by atoms with Crippen LogP contribution in [0.2, 0.25) is 0 Å². The molecule has 0 heterocycles. The van der Waals surface area contributed by atoms with E-state index in [9.17, 15) is 4.57 Å². The molecule has 0 aliphatic carbocycles. The third-order valence-corrected chi connectivity index (χ3v) is 3.39. The number of hydrogen-bond donors (Lipinski definition) is 1. The quantitative estimate of drug-likeness (QED) is 0.557. The maximum absolute atomic E-state index is 12.2. The summed E-state index contributed by atoms with van der Waals surface area (Å²) in [7, 11) is -3.70. The highest BCUT2D eigenvalue weighted by Crippen LogP contribution is 2.49. The molecule has 0 aliphatic heterocycles. The molecule has 0 saturated carbocycles. The summed E-state index contributed by atoms with van der Waals surface area (Å²) in [6.07, 6.45) is 2.89. The summed E-state index contributed by atoms with van der Waals surface area (Å²) < 4.78 is 27.6. The maximum Gasteiger partial charge on any atom is 0.530 e. The molecule has 19 heavy (non-hydrogen) atoms. The first-order valence-electron chi connectivity index (χ1n) is 5.64. The fourth-order valence-corrected chi connectivity index (χ4v) is 2.30. The summed E-state index contributed by atoms with van der Waals surface area (Å²) >= 11 is 0. The van der Waals surface area contributed by atoms with Crippen molar-refractivity contribution in [3.8, 4) is 5.75 Å². The molecule has 0 saturated heterocycles. The van der Waals surface area contributed by atoms with E-state index in [0.29, 0.717) is 5.75 Å². The van der Waals surface area contributed by atoms with Crippen molar-refractivity contribution in [1.82, 2.24) is 0 Å². The summed E-state index contributed by atoms with van der Waals surface area (Å²) in [5.74, 6) is 0.327. The Morgan fingerprint density at radius 2 is 1.63 bits per heavy atom. The zero-order chi connectivity index (χ0) is 14.1. The third-order valence-electron chi connectivity index (χ3n) is 2.02. The molecule has 1 rings (SSSR count). The molecule has 0 aromatic heterocycles. The van der Waals surface area contributed by atoms with E-state index in [1.807, 2.05) is 0 Å². The second-order valence-corrected chi connectivity index (χ2v) is 5.10. The van der Waals surface area contributed by atoms with Gasteiger partial charge in [-0.2, -0.15) is 0 Å². The first-order chi connectivity index (χ1) is 9.13.